The van der Waals surface area contributed by atoms with Crippen LogP contribution in [0.1, 0.15) is 27.5 Å². The van der Waals surface area contributed by atoms with Gasteiger partial charge in [0.15, 0.2) is 5.78 Å². The van der Waals surface area contributed by atoms with Crippen LogP contribution in [-0.4, -0.2) is 49.1 Å². The molecule has 8 heteroatoms. The van der Waals surface area contributed by atoms with Crippen LogP contribution in [0.3, 0.4) is 0 Å². The highest BCUT2D eigenvalue weighted by Crippen LogP contribution is 2.53. The highest BCUT2D eigenvalue weighted by molar-refractivity contribution is 6.24. The van der Waals surface area contributed by atoms with Crippen LogP contribution in [0.15, 0.2) is 77.9 Å². The van der Waals surface area contributed by atoms with Gasteiger partial charge in [0.25, 0.3) is 0 Å². The second-order valence-corrected chi connectivity index (χ2v) is 9.00. The second-order valence-electron chi connectivity index (χ2n) is 9.00. The highest BCUT2D eigenvalue weighted by Gasteiger charge is 2.65. The number of imide groups is 1. The number of hydrogen-bond acceptors (Lipinski definition) is 7. The molecule has 2 amide bonds. The van der Waals surface area contributed by atoms with Gasteiger partial charge >= 0.3 is 0 Å². The van der Waals surface area contributed by atoms with E-state index in [0.717, 1.165) is 11.1 Å². The molecule has 3 aliphatic rings. The van der Waals surface area contributed by atoms with Crippen molar-refractivity contribution in [2.75, 3.05) is 19.1 Å². The van der Waals surface area contributed by atoms with Crippen molar-refractivity contribution in [1.82, 2.24) is 5.01 Å². The minimum absolute atomic E-state index is 0.260. The van der Waals surface area contributed by atoms with Gasteiger partial charge in [-0.3, -0.25) is 19.4 Å². The molecule has 0 saturated carbocycles. The fraction of sp³-hybridized carbons (Fsp3) is 0.214. The van der Waals surface area contributed by atoms with E-state index >= 15 is 0 Å². The van der Waals surface area contributed by atoms with Crippen molar-refractivity contribution >= 4 is 29.5 Å². The molecule has 8 nitrogen and oxygen atoms in total. The largest absolute Gasteiger partial charge is 0.497 e. The lowest BCUT2D eigenvalue weighted by Gasteiger charge is -2.33. The van der Waals surface area contributed by atoms with Crippen LogP contribution in [0.2, 0.25) is 0 Å². The Morgan fingerprint density at radius 1 is 0.806 bits per heavy atom. The van der Waals surface area contributed by atoms with Gasteiger partial charge in [0.05, 0.1) is 44.0 Å². The van der Waals surface area contributed by atoms with Gasteiger partial charge in [0, 0.05) is 5.56 Å². The molecule has 0 aromatic heterocycles. The Bertz CT molecular complexity index is 1400. The molecule has 3 heterocycles. The normalized spacial score (nSPS) is 23.8. The zero-order valence-electron chi connectivity index (χ0n) is 19.7. The monoisotopic (exact) mass is 481 g/mol. The van der Waals surface area contributed by atoms with Gasteiger partial charge in [-0.2, -0.15) is 5.10 Å². The summed E-state index contributed by atoms with van der Waals surface area (Å²) in [4.78, 5) is 42.8. The summed E-state index contributed by atoms with van der Waals surface area (Å²) in [5.74, 6) is -1.37. The number of hydrazone groups is 1. The number of methoxy groups -OCH3 is 2. The first-order valence-electron chi connectivity index (χ1n) is 11.6. The van der Waals surface area contributed by atoms with E-state index in [9.17, 15) is 14.4 Å². The summed E-state index contributed by atoms with van der Waals surface area (Å²) in [7, 11) is 3.11. The zero-order valence-corrected chi connectivity index (χ0v) is 19.7. The van der Waals surface area contributed by atoms with Crippen LogP contribution in [0.25, 0.3) is 0 Å². The molecule has 1 unspecified atom stereocenters. The third-order valence-electron chi connectivity index (χ3n) is 7.27. The molecule has 0 radical (unpaired) electrons. The van der Waals surface area contributed by atoms with E-state index in [2.05, 4.69) is 5.10 Å². The van der Waals surface area contributed by atoms with Gasteiger partial charge in [-0.25, -0.2) is 4.90 Å². The summed E-state index contributed by atoms with van der Waals surface area (Å²) in [6.07, 6.45) is 1.69. The van der Waals surface area contributed by atoms with Crippen LogP contribution >= 0.6 is 0 Å². The summed E-state index contributed by atoms with van der Waals surface area (Å²) in [6, 6.07) is 19.7. The summed E-state index contributed by atoms with van der Waals surface area (Å²) in [6.45, 7) is 0. The fourth-order valence-electron chi connectivity index (χ4n) is 5.58. The van der Waals surface area contributed by atoms with Gasteiger partial charge in [-0.05, 0) is 59.7 Å². The average Bonchev–Trinajstić information content (AvgIpc) is 3.40. The first-order valence-corrected chi connectivity index (χ1v) is 11.6. The smallest absolute Gasteiger partial charge is 0.240 e. The molecule has 2 saturated heterocycles. The first-order chi connectivity index (χ1) is 17.5. The van der Waals surface area contributed by atoms with E-state index < -0.39 is 29.8 Å². The van der Waals surface area contributed by atoms with Crippen molar-refractivity contribution in [2.24, 2.45) is 16.9 Å². The molecule has 3 aliphatic heterocycles. The molecule has 0 bridgehead atoms. The Hall–Kier alpha value is -4.46. The standard InChI is InChI=1S/C28H23N3O5/c1-35-19-11-7-16(8-12-19)26(32)25-23-22(24-21-6-4-3-5-17(21)15-29-31(24)25)27(33)30(28(23)34)18-9-13-20(36-2)14-10-18/h3-15,22-25H,1-2H3/t22-,23+,24?,25-/m1/s1. The number of ether oxygens (including phenoxy) is 2. The molecular weight excluding hydrogens is 458 g/mol. The Labute approximate surface area is 207 Å². The van der Waals surface area contributed by atoms with Crippen molar-refractivity contribution in [3.63, 3.8) is 0 Å². The number of benzene rings is 3. The lowest BCUT2D eigenvalue weighted by molar-refractivity contribution is -0.124. The van der Waals surface area contributed by atoms with E-state index in [1.54, 1.807) is 74.0 Å². The maximum atomic E-state index is 13.9. The van der Waals surface area contributed by atoms with Crippen molar-refractivity contribution < 1.29 is 23.9 Å². The van der Waals surface area contributed by atoms with Crippen LogP contribution < -0.4 is 14.4 Å². The number of carbonyl (C=O) groups excluding carboxylic acids is 3. The van der Waals surface area contributed by atoms with E-state index in [1.807, 2.05) is 24.3 Å². The minimum Gasteiger partial charge on any atom is -0.497 e. The van der Waals surface area contributed by atoms with Crippen LogP contribution in [0, 0.1) is 11.8 Å². The molecule has 4 atom stereocenters. The predicted octanol–water partition coefficient (Wildman–Crippen LogP) is 3.47. The zero-order chi connectivity index (χ0) is 25.0. The topological polar surface area (TPSA) is 88.5 Å². The maximum Gasteiger partial charge on any atom is 0.240 e. The van der Waals surface area contributed by atoms with E-state index in [0.29, 0.717) is 22.7 Å². The highest BCUT2D eigenvalue weighted by atomic mass is 16.5. The number of rotatable bonds is 5. The lowest BCUT2D eigenvalue weighted by atomic mass is 9.83. The van der Waals surface area contributed by atoms with Gasteiger partial charge in [0.1, 0.15) is 17.5 Å². The molecule has 36 heavy (non-hydrogen) atoms. The summed E-state index contributed by atoms with van der Waals surface area (Å²) in [5.41, 5.74) is 2.64. The van der Waals surface area contributed by atoms with Gasteiger partial charge < -0.3 is 9.47 Å². The van der Waals surface area contributed by atoms with Crippen molar-refractivity contribution in [2.45, 2.75) is 12.1 Å². The first kappa shape index (κ1) is 22.0. The van der Waals surface area contributed by atoms with E-state index in [-0.39, 0.29) is 11.7 Å². The molecule has 2 fully saturated rings. The van der Waals surface area contributed by atoms with Crippen molar-refractivity contribution in [1.29, 1.82) is 0 Å². The Morgan fingerprint density at radius 3 is 2.08 bits per heavy atom. The van der Waals surface area contributed by atoms with Crippen LogP contribution in [0.5, 0.6) is 11.5 Å². The summed E-state index contributed by atoms with van der Waals surface area (Å²) < 4.78 is 10.4. The van der Waals surface area contributed by atoms with E-state index in [1.165, 1.54) is 4.90 Å². The molecule has 0 aliphatic carbocycles. The number of hydrogen-bond donors (Lipinski definition) is 0. The SMILES string of the molecule is COc1ccc(C(=O)[C@H]2[C@H]3C(=O)N(c4ccc(OC)cc4)C(=O)[C@H]3C3c4ccccc4C=NN32)cc1. The molecule has 3 aromatic carbocycles. The Kier molecular flexibility index (Phi) is 5.10. The number of anilines is 1. The van der Waals surface area contributed by atoms with Gasteiger partial charge in [-0.1, -0.05) is 24.3 Å². The summed E-state index contributed by atoms with van der Waals surface area (Å²) in [5, 5.41) is 6.25. The van der Waals surface area contributed by atoms with Crippen molar-refractivity contribution in [3.05, 3.63) is 89.5 Å². The third kappa shape index (κ3) is 3.14. The van der Waals surface area contributed by atoms with Gasteiger partial charge in [0.2, 0.25) is 11.8 Å². The molecular formula is C28H23N3O5. The number of fused-ring (bicyclic) bond motifs is 5. The molecule has 3 aromatic rings. The fourth-order valence-corrected chi connectivity index (χ4v) is 5.58. The number of carbonyl (C=O) groups is 3. The Morgan fingerprint density at radius 2 is 1.42 bits per heavy atom. The number of nitrogens with zero attached hydrogens (tertiary/aromatic N) is 3. The van der Waals surface area contributed by atoms with Crippen LogP contribution in [0.4, 0.5) is 5.69 Å². The molecule has 6 rings (SSSR count). The maximum absolute atomic E-state index is 13.9. The minimum atomic E-state index is -0.919. The van der Waals surface area contributed by atoms with Gasteiger partial charge in [-0.15, -0.1) is 0 Å². The van der Waals surface area contributed by atoms with Crippen LogP contribution in [-0.2, 0) is 9.59 Å². The summed E-state index contributed by atoms with van der Waals surface area (Å²) >= 11 is 0. The number of Topliss-reactive ketones (excluding diaryl/α,β-unsaturated/α-hetero) is 1. The average molecular weight is 482 g/mol. The number of ketones is 1. The molecule has 180 valence electrons. The Balaban J connectivity index is 1.46. The third-order valence-corrected chi connectivity index (χ3v) is 7.27. The number of amides is 2. The molecule has 0 spiro atoms. The van der Waals surface area contributed by atoms with Crippen molar-refractivity contribution in [3.8, 4) is 11.5 Å². The predicted molar refractivity (Wildman–Crippen MR) is 132 cm³/mol. The molecule has 0 N–H and O–H groups in total. The second kappa shape index (κ2) is 8.34. The lowest BCUT2D eigenvalue weighted by Crippen LogP contribution is -2.44. The van der Waals surface area contributed by atoms with E-state index in [4.69, 9.17) is 9.47 Å². The quantitative estimate of drug-likeness (QED) is 0.410.